The summed E-state index contributed by atoms with van der Waals surface area (Å²) in [4.78, 5) is 12.8. The van der Waals surface area contributed by atoms with Crippen LogP contribution < -0.4 is 5.73 Å². The molecule has 0 radical (unpaired) electrons. The Kier molecular flexibility index (Phi) is 6.96. The first-order chi connectivity index (χ1) is 7.24. The predicted octanol–water partition coefficient (Wildman–Crippen LogP) is 1.54. The van der Waals surface area contributed by atoms with Crippen LogP contribution in [0.5, 0.6) is 0 Å². The molecule has 0 unspecified atom stereocenters. The lowest BCUT2D eigenvalue weighted by Gasteiger charge is -2.19. The largest absolute Gasteiger partial charge is 0.412 e. The average molecular weight is 224 g/mol. The highest BCUT2D eigenvalue weighted by Crippen LogP contribution is 2.05. The lowest BCUT2D eigenvalue weighted by atomic mass is 10.2. The second-order valence-electron chi connectivity index (χ2n) is 3.60. The van der Waals surface area contributed by atoms with Crippen molar-refractivity contribution < 1.29 is 10.3 Å². The van der Waals surface area contributed by atoms with Crippen LogP contribution >= 0.6 is 0 Å². The van der Waals surface area contributed by atoms with Crippen LogP contribution in [-0.4, -0.2) is 23.0 Å². The number of hydrogen-bond acceptors (Lipinski definition) is 1. The van der Waals surface area contributed by atoms with Crippen LogP contribution in [-0.2, 0) is 6.54 Å². The number of benzene rings is 1. The summed E-state index contributed by atoms with van der Waals surface area (Å²) >= 11 is 0. The van der Waals surface area contributed by atoms with Crippen LogP contribution in [0.25, 0.3) is 0 Å². The third-order valence-electron chi connectivity index (χ3n) is 2.31. The fraction of sp³-hybridized carbons (Fsp3) is 0.417. The molecule has 4 heteroatoms. The Morgan fingerprint density at radius 2 is 1.94 bits per heavy atom. The lowest BCUT2D eigenvalue weighted by Crippen LogP contribution is -2.35. The maximum absolute atomic E-state index is 11.2. The van der Waals surface area contributed by atoms with Gasteiger partial charge in [0.2, 0.25) is 0 Å². The second kappa shape index (κ2) is 7.70. The summed E-state index contributed by atoms with van der Waals surface area (Å²) in [5.74, 6) is 0. The molecule has 0 aliphatic carbocycles. The van der Waals surface area contributed by atoms with Crippen molar-refractivity contribution in [3.63, 3.8) is 0 Å². The molecule has 0 bridgehead atoms. The smallest absolute Gasteiger partial charge is 0.315 e. The van der Waals surface area contributed by atoms with Crippen molar-refractivity contribution in [1.82, 2.24) is 4.90 Å². The fourth-order valence-corrected chi connectivity index (χ4v) is 1.42. The van der Waals surface area contributed by atoms with E-state index in [4.69, 9.17) is 5.73 Å². The maximum Gasteiger partial charge on any atom is 0.315 e. The van der Waals surface area contributed by atoms with Crippen molar-refractivity contribution in [1.29, 1.82) is 0 Å². The van der Waals surface area contributed by atoms with E-state index in [9.17, 15) is 4.79 Å². The number of nitrogens with two attached hydrogens (primary N) is 1. The van der Waals surface area contributed by atoms with Gasteiger partial charge in [0.05, 0.1) is 0 Å². The number of urea groups is 1. The molecule has 0 heterocycles. The van der Waals surface area contributed by atoms with Gasteiger partial charge in [-0.3, -0.25) is 0 Å². The van der Waals surface area contributed by atoms with Crippen molar-refractivity contribution in [3.05, 3.63) is 35.9 Å². The molecule has 0 atom stereocenters. The minimum atomic E-state index is -0.340. The number of hydrogen-bond donors (Lipinski definition) is 1. The van der Waals surface area contributed by atoms with Crippen LogP contribution in [0.4, 0.5) is 4.79 Å². The van der Waals surface area contributed by atoms with E-state index in [-0.39, 0.29) is 11.5 Å². The van der Waals surface area contributed by atoms with E-state index < -0.39 is 0 Å². The zero-order valence-electron chi connectivity index (χ0n) is 9.65. The van der Waals surface area contributed by atoms with Gasteiger partial charge in [-0.15, -0.1) is 0 Å². The molecule has 0 spiro atoms. The number of nitrogens with zero attached hydrogens (tertiary/aromatic N) is 1. The molecular weight excluding hydrogens is 204 g/mol. The molecule has 0 aliphatic rings. The molecule has 4 nitrogen and oxygen atoms in total. The summed E-state index contributed by atoms with van der Waals surface area (Å²) in [6.07, 6.45) is 2.06. The Morgan fingerprint density at radius 1 is 1.31 bits per heavy atom. The van der Waals surface area contributed by atoms with E-state index in [1.54, 1.807) is 4.90 Å². The summed E-state index contributed by atoms with van der Waals surface area (Å²) in [7, 11) is 0. The topological polar surface area (TPSA) is 77.8 Å². The van der Waals surface area contributed by atoms with E-state index in [0.29, 0.717) is 6.54 Å². The minimum absolute atomic E-state index is 0. The third-order valence-corrected chi connectivity index (χ3v) is 2.31. The van der Waals surface area contributed by atoms with Gasteiger partial charge in [-0.1, -0.05) is 43.7 Å². The van der Waals surface area contributed by atoms with E-state index in [1.807, 2.05) is 30.3 Å². The fourth-order valence-electron chi connectivity index (χ4n) is 1.42. The van der Waals surface area contributed by atoms with Crippen LogP contribution in [0, 0.1) is 0 Å². The highest BCUT2D eigenvalue weighted by Gasteiger charge is 2.08. The number of primary amides is 1. The zero-order valence-corrected chi connectivity index (χ0v) is 9.65. The highest BCUT2D eigenvalue weighted by molar-refractivity contribution is 5.71. The molecule has 4 N–H and O–H groups in total. The Balaban J connectivity index is 0.00000225. The van der Waals surface area contributed by atoms with Gasteiger partial charge >= 0.3 is 6.03 Å². The summed E-state index contributed by atoms with van der Waals surface area (Å²) in [6, 6.07) is 9.56. The van der Waals surface area contributed by atoms with Gasteiger partial charge in [0, 0.05) is 13.1 Å². The van der Waals surface area contributed by atoms with Gasteiger partial charge < -0.3 is 16.1 Å². The van der Waals surface area contributed by atoms with Crippen molar-refractivity contribution in [2.24, 2.45) is 5.73 Å². The normalized spacial score (nSPS) is 9.31. The number of carbonyl (C=O) groups excluding carboxylic acids is 1. The summed E-state index contributed by atoms with van der Waals surface area (Å²) in [6.45, 7) is 3.44. The first-order valence-corrected chi connectivity index (χ1v) is 5.32. The Bertz CT molecular complexity index is 301. The standard InChI is InChI=1S/C12H18N2O.H2O/c1-2-3-9-14(12(13)15)10-11-7-5-4-6-8-11;/h4-8H,2-3,9-10H2,1H3,(H2,13,15);1H2. The molecule has 1 aromatic rings. The average Bonchev–Trinajstić information content (AvgIpc) is 2.25. The summed E-state index contributed by atoms with van der Waals surface area (Å²) in [5.41, 5.74) is 6.43. The summed E-state index contributed by atoms with van der Waals surface area (Å²) in [5, 5.41) is 0. The Hall–Kier alpha value is -1.55. The van der Waals surface area contributed by atoms with E-state index >= 15 is 0 Å². The van der Waals surface area contributed by atoms with Crippen molar-refractivity contribution in [2.75, 3.05) is 6.54 Å². The molecular formula is C12H20N2O2. The van der Waals surface area contributed by atoms with E-state index in [2.05, 4.69) is 6.92 Å². The van der Waals surface area contributed by atoms with E-state index in [0.717, 1.165) is 24.9 Å². The first-order valence-electron chi connectivity index (χ1n) is 5.32. The minimum Gasteiger partial charge on any atom is -0.412 e. The molecule has 1 rings (SSSR count). The van der Waals surface area contributed by atoms with Gasteiger partial charge in [-0.2, -0.15) is 0 Å². The number of carbonyl (C=O) groups is 1. The Labute approximate surface area is 96.4 Å². The summed E-state index contributed by atoms with van der Waals surface area (Å²) < 4.78 is 0. The first kappa shape index (κ1) is 14.5. The molecule has 2 amide bonds. The molecule has 0 aliphatic heterocycles. The maximum atomic E-state index is 11.2. The van der Waals surface area contributed by atoms with Gasteiger partial charge in [0.25, 0.3) is 0 Å². The molecule has 0 fully saturated rings. The molecule has 0 aromatic heterocycles. The molecule has 16 heavy (non-hydrogen) atoms. The van der Waals surface area contributed by atoms with Crippen LogP contribution in [0.15, 0.2) is 30.3 Å². The van der Waals surface area contributed by atoms with Crippen molar-refractivity contribution in [3.8, 4) is 0 Å². The number of unbranched alkanes of at least 4 members (excludes halogenated alkanes) is 1. The van der Waals surface area contributed by atoms with Crippen molar-refractivity contribution >= 4 is 6.03 Å². The Morgan fingerprint density at radius 3 is 2.44 bits per heavy atom. The van der Waals surface area contributed by atoms with Gasteiger partial charge in [-0.05, 0) is 12.0 Å². The molecule has 0 saturated heterocycles. The molecule has 1 aromatic carbocycles. The number of rotatable bonds is 5. The van der Waals surface area contributed by atoms with Gasteiger partial charge in [-0.25, -0.2) is 4.79 Å². The van der Waals surface area contributed by atoms with Crippen LogP contribution in [0.2, 0.25) is 0 Å². The highest BCUT2D eigenvalue weighted by atomic mass is 16.2. The molecule has 90 valence electrons. The number of amides is 2. The second-order valence-corrected chi connectivity index (χ2v) is 3.60. The molecule has 0 saturated carbocycles. The quantitative estimate of drug-likeness (QED) is 0.809. The zero-order chi connectivity index (χ0) is 11.1. The van der Waals surface area contributed by atoms with Crippen LogP contribution in [0.1, 0.15) is 25.3 Å². The van der Waals surface area contributed by atoms with Gasteiger partial charge in [0.1, 0.15) is 0 Å². The van der Waals surface area contributed by atoms with Crippen molar-refractivity contribution in [2.45, 2.75) is 26.3 Å². The lowest BCUT2D eigenvalue weighted by molar-refractivity contribution is 0.204. The predicted molar refractivity (Wildman–Crippen MR) is 65.0 cm³/mol. The van der Waals surface area contributed by atoms with E-state index in [1.165, 1.54) is 0 Å². The third kappa shape index (κ3) is 4.79. The SMILES string of the molecule is CCCCN(Cc1ccccc1)C(N)=O.O. The van der Waals surface area contributed by atoms with Gasteiger partial charge in [0.15, 0.2) is 0 Å². The van der Waals surface area contributed by atoms with Crippen LogP contribution in [0.3, 0.4) is 0 Å². The monoisotopic (exact) mass is 224 g/mol.